The molecule has 1 aromatic heterocycles. The molecular weight excluding hydrogens is 128 g/mol. The molecule has 0 spiro atoms. The summed E-state index contributed by atoms with van der Waals surface area (Å²) in [4.78, 5) is 0. The van der Waals surface area contributed by atoms with E-state index < -0.39 is 0 Å². The first-order chi connectivity index (χ1) is 4.77. The van der Waals surface area contributed by atoms with Gasteiger partial charge in [-0.1, -0.05) is 6.92 Å². The Hall–Kier alpha value is -0.920. The average Bonchev–Trinajstić information content (AvgIpc) is 2.35. The summed E-state index contributed by atoms with van der Waals surface area (Å²) in [6.45, 7) is 2.15. The molecule has 54 valence electrons. The monoisotopic (exact) mass is 138 g/mol. The number of fused-ring (bicyclic) bond motifs is 1. The molecule has 0 saturated heterocycles. The Bertz CT molecular complexity index is 250. The second kappa shape index (κ2) is 1.78. The highest BCUT2D eigenvalue weighted by Gasteiger charge is 2.22. The minimum atomic E-state index is 0.0663. The summed E-state index contributed by atoms with van der Waals surface area (Å²) in [5.41, 5.74) is 1.19. The topological polar surface area (TPSA) is 33.4 Å². The number of aromatic hydroxyl groups is 1. The number of rotatable bonds is 0. The number of aryl methyl sites for hydroxylation is 1. The Balaban J connectivity index is 2.49. The van der Waals surface area contributed by atoms with Crippen LogP contribution in [-0.2, 0) is 6.42 Å². The fourth-order valence-corrected chi connectivity index (χ4v) is 1.54. The van der Waals surface area contributed by atoms with Crippen molar-refractivity contribution in [2.24, 2.45) is 0 Å². The largest absolute Gasteiger partial charge is 0.481 e. The SMILES string of the molecule is C[C@@H]1CCc2oc(O)cc21. The maximum absolute atomic E-state index is 8.95. The second-order valence-corrected chi connectivity index (χ2v) is 2.90. The van der Waals surface area contributed by atoms with Crippen molar-refractivity contribution in [2.45, 2.75) is 25.7 Å². The number of hydrogen-bond donors (Lipinski definition) is 1. The van der Waals surface area contributed by atoms with Crippen LogP contribution in [0, 0.1) is 0 Å². The molecule has 1 heterocycles. The van der Waals surface area contributed by atoms with Gasteiger partial charge in [0.25, 0.3) is 5.95 Å². The van der Waals surface area contributed by atoms with Gasteiger partial charge in [0.2, 0.25) is 0 Å². The molecule has 1 aromatic rings. The average molecular weight is 138 g/mol. The predicted molar refractivity (Wildman–Crippen MR) is 37.1 cm³/mol. The molecule has 0 saturated carbocycles. The standard InChI is InChI=1S/C8H10O2/c1-5-2-3-7-6(5)4-8(9)10-7/h4-5,9H,2-3H2,1H3/t5-/m1/s1. The molecule has 0 aromatic carbocycles. The van der Waals surface area contributed by atoms with Crippen LogP contribution in [0.3, 0.4) is 0 Å². The molecule has 0 fully saturated rings. The Labute approximate surface area is 59.5 Å². The van der Waals surface area contributed by atoms with Gasteiger partial charge in [-0.2, -0.15) is 0 Å². The van der Waals surface area contributed by atoms with Gasteiger partial charge in [-0.15, -0.1) is 0 Å². The van der Waals surface area contributed by atoms with E-state index in [1.54, 1.807) is 6.07 Å². The van der Waals surface area contributed by atoms with Crippen LogP contribution in [0.1, 0.15) is 30.6 Å². The van der Waals surface area contributed by atoms with E-state index in [9.17, 15) is 0 Å². The fraction of sp³-hybridized carbons (Fsp3) is 0.500. The molecular formula is C8H10O2. The lowest BCUT2D eigenvalue weighted by molar-refractivity contribution is 0.319. The van der Waals surface area contributed by atoms with Crippen molar-refractivity contribution in [3.63, 3.8) is 0 Å². The molecule has 0 amide bonds. The molecule has 0 unspecified atom stereocenters. The third-order valence-corrected chi connectivity index (χ3v) is 2.16. The maximum Gasteiger partial charge on any atom is 0.282 e. The smallest absolute Gasteiger partial charge is 0.282 e. The highest BCUT2D eigenvalue weighted by Crippen LogP contribution is 2.36. The molecule has 1 N–H and O–H groups in total. The van der Waals surface area contributed by atoms with E-state index in [4.69, 9.17) is 9.52 Å². The lowest BCUT2D eigenvalue weighted by Crippen LogP contribution is -1.80. The van der Waals surface area contributed by atoms with Crippen molar-refractivity contribution in [3.8, 4) is 5.95 Å². The van der Waals surface area contributed by atoms with Crippen molar-refractivity contribution < 1.29 is 9.52 Å². The molecule has 2 rings (SSSR count). The van der Waals surface area contributed by atoms with Gasteiger partial charge in [0.1, 0.15) is 5.76 Å². The molecule has 10 heavy (non-hydrogen) atoms. The molecule has 2 nitrogen and oxygen atoms in total. The van der Waals surface area contributed by atoms with Crippen LogP contribution < -0.4 is 0 Å². The minimum Gasteiger partial charge on any atom is -0.481 e. The van der Waals surface area contributed by atoms with Crippen molar-refractivity contribution in [1.82, 2.24) is 0 Å². The summed E-state index contributed by atoms with van der Waals surface area (Å²) in [7, 11) is 0. The zero-order valence-corrected chi connectivity index (χ0v) is 5.92. The van der Waals surface area contributed by atoms with Gasteiger partial charge in [-0.3, -0.25) is 0 Å². The quantitative estimate of drug-likeness (QED) is 0.595. The fourth-order valence-electron chi connectivity index (χ4n) is 1.54. The van der Waals surface area contributed by atoms with Gasteiger partial charge >= 0.3 is 0 Å². The Morgan fingerprint density at radius 1 is 1.70 bits per heavy atom. The van der Waals surface area contributed by atoms with Crippen LogP contribution in [0.5, 0.6) is 5.95 Å². The summed E-state index contributed by atoms with van der Waals surface area (Å²) < 4.78 is 5.05. The molecule has 1 atom stereocenters. The highest BCUT2D eigenvalue weighted by atomic mass is 16.5. The van der Waals surface area contributed by atoms with E-state index in [0.29, 0.717) is 5.92 Å². The van der Waals surface area contributed by atoms with Gasteiger partial charge in [-0.05, 0) is 12.3 Å². The van der Waals surface area contributed by atoms with Gasteiger partial charge in [0.15, 0.2) is 0 Å². The van der Waals surface area contributed by atoms with Crippen LogP contribution in [0.25, 0.3) is 0 Å². The summed E-state index contributed by atoms with van der Waals surface area (Å²) in [5, 5.41) is 8.95. The van der Waals surface area contributed by atoms with E-state index in [1.807, 2.05) is 0 Å². The first kappa shape index (κ1) is 5.83. The van der Waals surface area contributed by atoms with Crippen molar-refractivity contribution in [2.75, 3.05) is 0 Å². The summed E-state index contributed by atoms with van der Waals surface area (Å²) >= 11 is 0. The molecule has 2 heteroatoms. The van der Waals surface area contributed by atoms with Gasteiger partial charge in [0.05, 0.1) is 0 Å². The van der Waals surface area contributed by atoms with E-state index in [2.05, 4.69) is 6.92 Å². The normalized spacial score (nSPS) is 23.1. The van der Waals surface area contributed by atoms with Crippen LogP contribution in [0.15, 0.2) is 10.5 Å². The molecule has 0 aliphatic heterocycles. The van der Waals surface area contributed by atoms with Crippen molar-refractivity contribution in [3.05, 3.63) is 17.4 Å². The Morgan fingerprint density at radius 3 is 3.20 bits per heavy atom. The van der Waals surface area contributed by atoms with Crippen molar-refractivity contribution >= 4 is 0 Å². The molecule has 1 aliphatic carbocycles. The maximum atomic E-state index is 8.95. The van der Waals surface area contributed by atoms with Crippen LogP contribution in [0.2, 0.25) is 0 Å². The Kier molecular flexibility index (Phi) is 1.04. The molecule has 0 bridgehead atoms. The van der Waals surface area contributed by atoms with E-state index >= 15 is 0 Å². The van der Waals surface area contributed by atoms with Crippen LogP contribution >= 0.6 is 0 Å². The summed E-state index contributed by atoms with van der Waals surface area (Å²) in [6.07, 6.45) is 2.14. The zero-order valence-electron chi connectivity index (χ0n) is 5.92. The second-order valence-electron chi connectivity index (χ2n) is 2.90. The van der Waals surface area contributed by atoms with Crippen LogP contribution in [-0.4, -0.2) is 5.11 Å². The number of furan rings is 1. The Morgan fingerprint density at radius 2 is 2.50 bits per heavy atom. The first-order valence-electron chi connectivity index (χ1n) is 3.59. The zero-order chi connectivity index (χ0) is 7.14. The van der Waals surface area contributed by atoms with E-state index in [-0.39, 0.29) is 5.95 Å². The van der Waals surface area contributed by atoms with Gasteiger partial charge in [-0.25, -0.2) is 0 Å². The third kappa shape index (κ3) is 0.649. The number of hydrogen-bond acceptors (Lipinski definition) is 2. The van der Waals surface area contributed by atoms with E-state index in [1.165, 1.54) is 5.56 Å². The van der Waals surface area contributed by atoms with Gasteiger partial charge in [0, 0.05) is 18.1 Å². The molecule has 0 radical (unpaired) electrons. The van der Waals surface area contributed by atoms with E-state index in [0.717, 1.165) is 18.6 Å². The van der Waals surface area contributed by atoms with Gasteiger partial charge < -0.3 is 9.52 Å². The molecule has 1 aliphatic rings. The first-order valence-corrected chi connectivity index (χ1v) is 3.59. The minimum absolute atomic E-state index is 0.0663. The highest BCUT2D eigenvalue weighted by molar-refractivity contribution is 5.31. The summed E-state index contributed by atoms with van der Waals surface area (Å²) in [5.74, 6) is 1.61. The lowest BCUT2D eigenvalue weighted by Gasteiger charge is -1.95. The van der Waals surface area contributed by atoms with Crippen LogP contribution in [0.4, 0.5) is 0 Å². The van der Waals surface area contributed by atoms with Crippen molar-refractivity contribution in [1.29, 1.82) is 0 Å². The third-order valence-electron chi connectivity index (χ3n) is 2.16. The lowest BCUT2D eigenvalue weighted by atomic mass is 10.1. The summed E-state index contributed by atoms with van der Waals surface area (Å²) in [6, 6.07) is 1.73. The predicted octanol–water partition coefficient (Wildman–Crippen LogP) is 2.03.